The highest BCUT2D eigenvalue weighted by molar-refractivity contribution is 7.18. The van der Waals surface area contributed by atoms with E-state index in [2.05, 4.69) is 11.2 Å². The van der Waals surface area contributed by atoms with Crippen LogP contribution in [0.1, 0.15) is 45.7 Å². The standard InChI is InChI=1S/C17H17N3O2S/c1-10-15(11(2)22-19-10)17(21)20-9-5-7-13(20)16-18-12-6-3-4-8-14(12)23-16/h3-4,6,8,13H,5,7,9H2,1-2H3/t13-/m1/s1. The quantitative estimate of drug-likeness (QED) is 0.717. The number of carbonyl (C=O) groups is 1. The van der Waals surface area contributed by atoms with E-state index in [-0.39, 0.29) is 11.9 Å². The maximum atomic E-state index is 13.0. The predicted molar refractivity (Wildman–Crippen MR) is 88.6 cm³/mol. The van der Waals surface area contributed by atoms with Crippen LogP contribution in [-0.4, -0.2) is 27.5 Å². The average Bonchev–Trinajstić information content (AvgIpc) is 3.24. The Bertz CT molecular complexity index is 830. The van der Waals surface area contributed by atoms with Crippen molar-refractivity contribution in [3.05, 3.63) is 46.3 Å². The Morgan fingerprint density at radius 3 is 2.91 bits per heavy atom. The summed E-state index contributed by atoms with van der Waals surface area (Å²) in [7, 11) is 0. The van der Waals surface area contributed by atoms with Gasteiger partial charge in [-0.3, -0.25) is 4.79 Å². The highest BCUT2D eigenvalue weighted by Crippen LogP contribution is 2.37. The van der Waals surface area contributed by atoms with Crippen LogP contribution < -0.4 is 0 Å². The van der Waals surface area contributed by atoms with Crippen molar-refractivity contribution in [3.63, 3.8) is 0 Å². The number of aryl methyl sites for hydroxylation is 2. The Balaban J connectivity index is 1.70. The molecule has 4 rings (SSSR count). The lowest BCUT2D eigenvalue weighted by atomic mass is 10.1. The van der Waals surface area contributed by atoms with Crippen LogP contribution in [0, 0.1) is 13.8 Å². The summed E-state index contributed by atoms with van der Waals surface area (Å²) in [6, 6.07) is 8.16. The Labute approximate surface area is 137 Å². The molecule has 0 aliphatic carbocycles. The summed E-state index contributed by atoms with van der Waals surface area (Å²) in [6.45, 7) is 4.35. The third kappa shape index (κ3) is 2.34. The molecule has 1 saturated heterocycles. The number of likely N-dealkylation sites (tertiary alicyclic amines) is 1. The Morgan fingerprint density at radius 2 is 2.17 bits per heavy atom. The molecule has 3 heterocycles. The molecule has 6 heteroatoms. The maximum absolute atomic E-state index is 13.0. The zero-order valence-electron chi connectivity index (χ0n) is 13.1. The Hall–Kier alpha value is -2.21. The molecule has 1 aliphatic rings. The van der Waals surface area contributed by atoms with Gasteiger partial charge in [-0.15, -0.1) is 11.3 Å². The van der Waals surface area contributed by atoms with Gasteiger partial charge in [0, 0.05) is 6.54 Å². The molecule has 1 amide bonds. The Morgan fingerprint density at radius 1 is 1.35 bits per heavy atom. The number of rotatable bonds is 2. The van der Waals surface area contributed by atoms with E-state index in [1.165, 1.54) is 4.70 Å². The summed E-state index contributed by atoms with van der Waals surface area (Å²) in [5.74, 6) is 0.588. The largest absolute Gasteiger partial charge is 0.361 e. The van der Waals surface area contributed by atoms with Gasteiger partial charge in [0.05, 0.1) is 22.0 Å². The van der Waals surface area contributed by atoms with Gasteiger partial charge in [-0.1, -0.05) is 17.3 Å². The molecule has 0 spiro atoms. The molecule has 1 atom stereocenters. The summed E-state index contributed by atoms with van der Waals surface area (Å²) in [6.07, 6.45) is 1.95. The number of nitrogens with zero attached hydrogens (tertiary/aromatic N) is 3. The zero-order chi connectivity index (χ0) is 16.0. The van der Waals surface area contributed by atoms with Crippen LogP contribution in [0.3, 0.4) is 0 Å². The van der Waals surface area contributed by atoms with Gasteiger partial charge in [0.1, 0.15) is 16.3 Å². The SMILES string of the molecule is Cc1noc(C)c1C(=O)N1CCC[C@@H]1c1nc2ccccc2s1. The van der Waals surface area contributed by atoms with Crippen LogP contribution in [-0.2, 0) is 0 Å². The van der Waals surface area contributed by atoms with E-state index in [4.69, 9.17) is 9.51 Å². The predicted octanol–water partition coefficient (Wildman–Crippen LogP) is 3.88. The van der Waals surface area contributed by atoms with Crippen molar-refractivity contribution in [2.24, 2.45) is 0 Å². The van der Waals surface area contributed by atoms with Crippen molar-refractivity contribution >= 4 is 27.5 Å². The fourth-order valence-electron chi connectivity index (χ4n) is 3.23. The molecule has 0 radical (unpaired) electrons. The number of hydrogen-bond donors (Lipinski definition) is 0. The second-order valence-electron chi connectivity index (χ2n) is 5.88. The van der Waals surface area contributed by atoms with Crippen molar-refractivity contribution in [3.8, 4) is 0 Å². The van der Waals surface area contributed by atoms with Crippen LogP contribution in [0.2, 0.25) is 0 Å². The first-order chi connectivity index (χ1) is 11.1. The van der Waals surface area contributed by atoms with Gasteiger partial charge in [-0.2, -0.15) is 0 Å². The lowest BCUT2D eigenvalue weighted by Crippen LogP contribution is -2.31. The number of carbonyl (C=O) groups excluding carboxylic acids is 1. The van der Waals surface area contributed by atoms with Crippen molar-refractivity contribution in [1.29, 1.82) is 0 Å². The van der Waals surface area contributed by atoms with Crippen LogP contribution in [0.4, 0.5) is 0 Å². The summed E-state index contributed by atoms with van der Waals surface area (Å²) >= 11 is 1.68. The van der Waals surface area contributed by atoms with Gasteiger partial charge in [0.15, 0.2) is 0 Å². The molecule has 0 unspecified atom stereocenters. The van der Waals surface area contributed by atoms with Gasteiger partial charge in [-0.05, 0) is 38.8 Å². The van der Waals surface area contributed by atoms with Gasteiger partial charge in [-0.25, -0.2) is 4.98 Å². The molecule has 118 valence electrons. The molecular weight excluding hydrogens is 310 g/mol. The summed E-state index contributed by atoms with van der Waals surface area (Å²) < 4.78 is 6.32. The number of fused-ring (bicyclic) bond motifs is 1. The number of hydrogen-bond acceptors (Lipinski definition) is 5. The molecular formula is C17H17N3O2S. The molecule has 2 aromatic heterocycles. The van der Waals surface area contributed by atoms with Crippen LogP contribution in [0.15, 0.2) is 28.8 Å². The number of thiazole rings is 1. The number of benzene rings is 1. The first-order valence-corrected chi connectivity index (χ1v) is 8.56. The second kappa shape index (κ2) is 5.45. The monoisotopic (exact) mass is 327 g/mol. The molecule has 5 nitrogen and oxygen atoms in total. The first kappa shape index (κ1) is 14.4. The van der Waals surface area contributed by atoms with Gasteiger partial charge >= 0.3 is 0 Å². The third-order valence-corrected chi connectivity index (χ3v) is 5.49. The van der Waals surface area contributed by atoms with Gasteiger partial charge in [0.25, 0.3) is 5.91 Å². The fraction of sp³-hybridized carbons (Fsp3) is 0.353. The minimum absolute atomic E-state index is 0.00278. The fourth-order valence-corrected chi connectivity index (χ4v) is 4.35. The van der Waals surface area contributed by atoms with E-state index in [0.29, 0.717) is 17.0 Å². The second-order valence-corrected chi connectivity index (χ2v) is 6.94. The van der Waals surface area contributed by atoms with Crippen molar-refractivity contribution < 1.29 is 9.32 Å². The zero-order valence-corrected chi connectivity index (χ0v) is 13.9. The van der Waals surface area contributed by atoms with Crippen LogP contribution in [0.25, 0.3) is 10.2 Å². The maximum Gasteiger partial charge on any atom is 0.259 e. The number of para-hydroxylation sites is 1. The van der Waals surface area contributed by atoms with Crippen molar-refractivity contribution in [2.45, 2.75) is 32.7 Å². The van der Waals surface area contributed by atoms with Crippen LogP contribution >= 0.6 is 11.3 Å². The summed E-state index contributed by atoms with van der Waals surface area (Å²) in [5.41, 5.74) is 2.25. The van der Waals surface area contributed by atoms with E-state index in [9.17, 15) is 4.79 Å². The molecule has 3 aromatic rings. The minimum atomic E-state index is 0.00278. The van der Waals surface area contributed by atoms with Crippen molar-refractivity contribution in [2.75, 3.05) is 6.54 Å². The third-order valence-electron chi connectivity index (χ3n) is 4.36. The van der Waals surface area contributed by atoms with E-state index in [0.717, 1.165) is 29.9 Å². The molecule has 1 fully saturated rings. The molecule has 23 heavy (non-hydrogen) atoms. The first-order valence-electron chi connectivity index (χ1n) is 7.74. The normalized spacial score (nSPS) is 18.0. The van der Waals surface area contributed by atoms with E-state index >= 15 is 0 Å². The molecule has 1 aliphatic heterocycles. The lowest BCUT2D eigenvalue weighted by molar-refractivity contribution is 0.0733. The summed E-state index contributed by atoms with van der Waals surface area (Å²) in [5, 5.41) is 4.92. The highest BCUT2D eigenvalue weighted by atomic mass is 32.1. The van der Waals surface area contributed by atoms with Gasteiger partial charge < -0.3 is 9.42 Å². The number of aromatic nitrogens is 2. The van der Waals surface area contributed by atoms with E-state index in [1.54, 1.807) is 18.3 Å². The van der Waals surface area contributed by atoms with Crippen molar-refractivity contribution in [1.82, 2.24) is 15.0 Å². The topological polar surface area (TPSA) is 59.2 Å². The molecule has 0 N–H and O–H groups in total. The smallest absolute Gasteiger partial charge is 0.259 e. The van der Waals surface area contributed by atoms with Gasteiger partial charge in [0.2, 0.25) is 0 Å². The van der Waals surface area contributed by atoms with E-state index < -0.39 is 0 Å². The minimum Gasteiger partial charge on any atom is -0.361 e. The molecule has 1 aromatic carbocycles. The lowest BCUT2D eigenvalue weighted by Gasteiger charge is -2.22. The highest BCUT2D eigenvalue weighted by Gasteiger charge is 2.35. The summed E-state index contributed by atoms with van der Waals surface area (Å²) in [4.78, 5) is 19.6. The van der Waals surface area contributed by atoms with E-state index in [1.807, 2.05) is 30.0 Å². The molecule has 0 saturated carbocycles. The average molecular weight is 327 g/mol. The van der Waals surface area contributed by atoms with Crippen LogP contribution in [0.5, 0.6) is 0 Å². The number of amides is 1. The Kier molecular flexibility index (Phi) is 3.41. The molecule has 0 bridgehead atoms.